The average Bonchev–Trinajstić information content (AvgIpc) is 2.45. The molecule has 18 heavy (non-hydrogen) atoms. The number of nitrogens with zero attached hydrogens (tertiary/aromatic N) is 1. The van der Waals surface area contributed by atoms with E-state index in [0.29, 0.717) is 5.88 Å². The number of rotatable bonds is 5. The Hall–Kier alpha value is -1.74. The molecule has 0 spiro atoms. The van der Waals surface area contributed by atoms with Gasteiger partial charge in [-0.05, 0) is 17.2 Å². The Balaban J connectivity index is 2.15. The van der Waals surface area contributed by atoms with Gasteiger partial charge in [-0.15, -0.1) is 11.8 Å². The Morgan fingerprint density at radius 1 is 1.33 bits per heavy atom. The van der Waals surface area contributed by atoms with E-state index in [1.165, 1.54) is 5.56 Å². The summed E-state index contributed by atoms with van der Waals surface area (Å²) in [4.78, 5) is 5.31. The summed E-state index contributed by atoms with van der Waals surface area (Å²) in [5.41, 5.74) is 2.29. The Morgan fingerprint density at radius 2 is 2.11 bits per heavy atom. The summed E-state index contributed by atoms with van der Waals surface area (Å²) in [5.74, 6) is 1.57. The first-order chi connectivity index (χ1) is 8.83. The highest BCUT2D eigenvalue weighted by Gasteiger charge is 2.06. The summed E-state index contributed by atoms with van der Waals surface area (Å²) < 4.78 is 5.27. The number of pyridine rings is 1. The van der Waals surface area contributed by atoms with Gasteiger partial charge in [0, 0.05) is 11.9 Å². The van der Waals surface area contributed by atoms with Crippen LogP contribution in [-0.4, -0.2) is 12.1 Å². The second-order valence-corrected chi connectivity index (χ2v) is 4.77. The quantitative estimate of drug-likeness (QED) is 0.755. The number of hydrogen-bond donors (Lipinski definition) is 0. The number of aromatic nitrogens is 1. The van der Waals surface area contributed by atoms with Crippen molar-refractivity contribution in [2.24, 2.45) is 0 Å². The molecule has 1 aromatic heterocycles. The van der Waals surface area contributed by atoms with E-state index in [1.807, 2.05) is 24.3 Å². The highest BCUT2D eigenvalue weighted by Crippen LogP contribution is 2.30. The number of thioether (sulfide) groups is 1. The predicted molar refractivity (Wildman–Crippen MR) is 76.9 cm³/mol. The molecule has 2 aromatic rings. The van der Waals surface area contributed by atoms with Crippen LogP contribution in [0.25, 0.3) is 6.08 Å². The average molecular weight is 257 g/mol. The smallest absolute Gasteiger partial charge is 0.227 e. The second kappa shape index (κ2) is 6.26. The van der Waals surface area contributed by atoms with Gasteiger partial charge in [0.1, 0.15) is 0 Å². The first kappa shape index (κ1) is 12.7. The summed E-state index contributed by atoms with van der Waals surface area (Å²) in [6.45, 7) is 3.76. The first-order valence-corrected chi connectivity index (χ1v) is 6.65. The van der Waals surface area contributed by atoms with Crippen LogP contribution in [0.1, 0.15) is 11.1 Å². The number of hydrogen-bond acceptors (Lipinski definition) is 3. The molecule has 1 heterocycles. The number of ether oxygens (including phenoxy) is 1. The SMILES string of the molecule is C=Cc1cnc(OC)c(SCc2ccccc2)c1. The van der Waals surface area contributed by atoms with Gasteiger partial charge in [-0.3, -0.25) is 0 Å². The van der Waals surface area contributed by atoms with Crippen LogP contribution >= 0.6 is 11.8 Å². The Kier molecular flexibility index (Phi) is 4.42. The number of benzene rings is 1. The Morgan fingerprint density at radius 3 is 2.78 bits per heavy atom. The largest absolute Gasteiger partial charge is 0.480 e. The third kappa shape index (κ3) is 3.14. The van der Waals surface area contributed by atoms with Crippen molar-refractivity contribution in [2.75, 3.05) is 7.11 Å². The van der Waals surface area contributed by atoms with E-state index >= 15 is 0 Å². The van der Waals surface area contributed by atoms with Crippen LogP contribution in [0.15, 0.2) is 54.1 Å². The maximum Gasteiger partial charge on any atom is 0.227 e. The van der Waals surface area contributed by atoms with Crippen LogP contribution in [0.2, 0.25) is 0 Å². The third-order valence-electron chi connectivity index (χ3n) is 2.51. The maximum absolute atomic E-state index is 5.27. The van der Waals surface area contributed by atoms with E-state index in [-0.39, 0.29) is 0 Å². The summed E-state index contributed by atoms with van der Waals surface area (Å²) in [7, 11) is 1.64. The molecule has 0 aliphatic carbocycles. The zero-order valence-corrected chi connectivity index (χ0v) is 11.1. The summed E-state index contributed by atoms with van der Waals surface area (Å²) >= 11 is 1.72. The monoisotopic (exact) mass is 257 g/mol. The van der Waals surface area contributed by atoms with E-state index in [4.69, 9.17) is 4.74 Å². The van der Waals surface area contributed by atoms with Gasteiger partial charge >= 0.3 is 0 Å². The van der Waals surface area contributed by atoms with Crippen molar-refractivity contribution in [3.8, 4) is 5.88 Å². The van der Waals surface area contributed by atoms with Crippen molar-refractivity contribution in [1.82, 2.24) is 4.98 Å². The molecule has 0 bridgehead atoms. The van der Waals surface area contributed by atoms with Crippen molar-refractivity contribution in [3.05, 3.63) is 60.3 Å². The van der Waals surface area contributed by atoms with Gasteiger partial charge in [-0.25, -0.2) is 4.98 Å². The van der Waals surface area contributed by atoms with Crippen molar-refractivity contribution < 1.29 is 4.74 Å². The van der Waals surface area contributed by atoms with Crippen LogP contribution < -0.4 is 4.74 Å². The van der Waals surface area contributed by atoms with Gasteiger partial charge in [0.25, 0.3) is 0 Å². The topological polar surface area (TPSA) is 22.1 Å². The predicted octanol–water partition coefficient (Wildman–Crippen LogP) is 4.03. The van der Waals surface area contributed by atoms with E-state index in [9.17, 15) is 0 Å². The van der Waals surface area contributed by atoms with E-state index < -0.39 is 0 Å². The highest BCUT2D eigenvalue weighted by molar-refractivity contribution is 7.98. The summed E-state index contributed by atoms with van der Waals surface area (Å²) in [5, 5.41) is 0. The second-order valence-electron chi connectivity index (χ2n) is 3.75. The van der Waals surface area contributed by atoms with E-state index in [0.717, 1.165) is 16.2 Å². The lowest BCUT2D eigenvalue weighted by atomic mass is 10.2. The molecule has 0 unspecified atom stereocenters. The maximum atomic E-state index is 5.27. The van der Waals surface area contributed by atoms with Gasteiger partial charge in [-0.2, -0.15) is 0 Å². The molecule has 0 saturated heterocycles. The van der Waals surface area contributed by atoms with Gasteiger partial charge in [0.05, 0.1) is 12.0 Å². The van der Waals surface area contributed by atoms with Crippen molar-refractivity contribution >= 4 is 17.8 Å². The summed E-state index contributed by atoms with van der Waals surface area (Å²) in [6.07, 6.45) is 3.55. The number of methoxy groups -OCH3 is 1. The molecule has 0 saturated carbocycles. The van der Waals surface area contributed by atoms with Crippen LogP contribution in [0.4, 0.5) is 0 Å². The third-order valence-corrected chi connectivity index (χ3v) is 3.59. The van der Waals surface area contributed by atoms with Crippen molar-refractivity contribution in [3.63, 3.8) is 0 Å². The molecule has 0 N–H and O–H groups in total. The van der Waals surface area contributed by atoms with E-state index in [2.05, 4.69) is 23.7 Å². The minimum absolute atomic E-state index is 0.668. The van der Waals surface area contributed by atoms with Crippen molar-refractivity contribution in [1.29, 1.82) is 0 Å². The Bertz CT molecular complexity index is 525. The molecule has 0 atom stereocenters. The highest BCUT2D eigenvalue weighted by atomic mass is 32.2. The fourth-order valence-corrected chi connectivity index (χ4v) is 2.54. The fraction of sp³-hybridized carbons (Fsp3) is 0.133. The Labute approximate surface area is 112 Å². The lowest BCUT2D eigenvalue weighted by Crippen LogP contribution is -1.91. The van der Waals surface area contributed by atoms with Crippen LogP contribution in [0, 0.1) is 0 Å². The standard InChI is InChI=1S/C15H15NOS/c1-3-12-9-14(15(17-2)16-10-12)18-11-13-7-5-4-6-8-13/h3-10H,1,11H2,2H3. The molecule has 2 nitrogen and oxygen atoms in total. The van der Waals surface area contributed by atoms with Crippen LogP contribution in [-0.2, 0) is 5.75 Å². The molecule has 2 rings (SSSR count). The molecule has 1 aromatic carbocycles. The summed E-state index contributed by atoms with van der Waals surface area (Å²) in [6, 6.07) is 12.4. The molecule has 0 radical (unpaired) electrons. The van der Waals surface area contributed by atoms with Gasteiger partial charge in [-0.1, -0.05) is 43.0 Å². The lowest BCUT2D eigenvalue weighted by Gasteiger charge is -2.08. The minimum Gasteiger partial charge on any atom is -0.480 e. The van der Waals surface area contributed by atoms with Gasteiger partial charge < -0.3 is 4.74 Å². The molecule has 0 aliphatic heterocycles. The molecule has 0 aliphatic rings. The first-order valence-electron chi connectivity index (χ1n) is 5.66. The molecule has 0 fully saturated rings. The minimum atomic E-state index is 0.668. The normalized spacial score (nSPS) is 10.1. The molecule has 0 amide bonds. The lowest BCUT2D eigenvalue weighted by molar-refractivity contribution is 0.387. The van der Waals surface area contributed by atoms with Crippen molar-refractivity contribution in [2.45, 2.75) is 10.6 Å². The zero-order valence-electron chi connectivity index (χ0n) is 10.3. The van der Waals surface area contributed by atoms with Crippen LogP contribution in [0.3, 0.4) is 0 Å². The fourth-order valence-electron chi connectivity index (χ4n) is 1.55. The molecular weight excluding hydrogens is 242 g/mol. The molecule has 3 heteroatoms. The molecular formula is C15H15NOS. The zero-order chi connectivity index (χ0) is 12.8. The van der Waals surface area contributed by atoms with E-state index in [1.54, 1.807) is 31.1 Å². The molecule has 92 valence electrons. The van der Waals surface area contributed by atoms with Gasteiger partial charge in [0.2, 0.25) is 5.88 Å². The van der Waals surface area contributed by atoms with Crippen LogP contribution in [0.5, 0.6) is 5.88 Å². The van der Waals surface area contributed by atoms with Gasteiger partial charge in [0.15, 0.2) is 0 Å².